The maximum atomic E-state index is 13.2. The Bertz CT molecular complexity index is 1040. The van der Waals surface area contributed by atoms with Gasteiger partial charge in [0.05, 0.1) is 11.4 Å². The van der Waals surface area contributed by atoms with Crippen molar-refractivity contribution in [2.45, 2.75) is 19.1 Å². The Balaban J connectivity index is 1.53. The van der Waals surface area contributed by atoms with E-state index in [0.717, 1.165) is 17.7 Å². The van der Waals surface area contributed by atoms with Crippen LogP contribution in [-0.4, -0.2) is 29.1 Å². The van der Waals surface area contributed by atoms with Gasteiger partial charge in [-0.2, -0.15) is 11.3 Å². The summed E-state index contributed by atoms with van der Waals surface area (Å²) in [6, 6.07) is 7.94. The maximum absolute atomic E-state index is 13.2. The second kappa shape index (κ2) is 9.09. The van der Waals surface area contributed by atoms with E-state index in [1.807, 2.05) is 41.3 Å². The first-order valence-corrected chi connectivity index (χ1v) is 10.2. The molecule has 0 fully saturated rings. The van der Waals surface area contributed by atoms with Crippen molar-refractivity contribution in [3.05, 3.63) is 76.5 Å². The van der Waals surface area contributed by atoms with Crippen molar-refractivity contribution >= 4 is 17.6 Å². The molecule has 0 spiro atoms. The molecule has 3 aromatic rings. The lowest BCUT2D eigenvalue weighted by molar-refractivity contribution is 0.140. The second-order valence-electron chi connectivity index (χ2n) is 6.55. The number of aromatic nitrogens is 1. The fourth-order valence-electron chi connectivity index (χ4n) is 2.94. The fraction of sp³-hybridized carbons (Fsp3) is 0.182. The van der Waals surface area contributed by atoms with E-state index in [-0.39, 0.29) is 12.2 Å². The molecule has 2 aromatic heterocycles. The van der Waals surface area contributed by atoms with Gasteiger partial charge in [0.1, 0.15) is 12.0 Å². The van der Waals surface area contributed by atoms with Crippen molar-refractivity contribution in [1.29, 1.82) is 0 Å². The van der Waals surface area contributed by atoms with Gasteiger partial charge in [0.15, 0.2) is 5.76 Å². The monoisotopic (exact) mass is 409 g/mol. The van der Waals surface area contributed by atoms with Crippen molar-refractivity contribution < 1.29 is 13.9 Å². The maximum Gasteiger partial charge on any atom is 0.227 e. The summed E-state index contributed by atoms with van der Waals surface area (Å²) in [6.07, 6.45) is 7.99. The van der Waals surface area contributed by atoms with Crippen molar-refractivity contribution in [2.75, 3.05) is 6.54 Å². The highest BCUT2D eigenvalue weighted by Gasteiger charge is 2.19. The zero-order chi connectivity index (χ0) is 20.1. The molecule has 2 N–H and O–H groups in total. The van der Waals surface area contributed by atoms with Gasteiger partial charge in [0, 0.05) is 42.1 Å². The van der Waals surface area contributed by atoms with Crippen LogP contribution in [0, 0.1) is 5.82 Å². The van der Waals surface area contributed by atoms with Crippen LogP contribution in [0.1, 0.15) is 12.1 Å². The first-order chi connectivity index (χ1) is 14.2. The topological polar surface area (TPSA) is 70.7 Å². The number of benzene rings is 1. The Kier molecular flexibility index (Phi) is 6.09. The molecule has 0 radical (unpaired) electrons. The van der Waals surface area contributed by atoms with Gasteiger partial charge >= 0.3 is 0 Å². The Labute approximate surface area is 172 Å². The molecule has 0 aliphatic carbocycles. The molecule has 1 aromatic carbocycles. The third-order valence-corrected chi connectivity index (χ3v) is 5.08. The van der Waals surface area contributed by atoms with Crippen LogP contribution >= 0.6 is 11.3 Å². The number of allylic oxidation sites excluding steroid dienone is 3. The highest BCUT2D eigenvalue weighted by atomic mass is 32.1. The third kappa shape index (κ3) is 4.95. The number of rotatable bonds is 7. The SMILES string of the molecule is OC(Cc1nc(-c2ccc(F)cc2)oc1-c1ccsc1)NCC1=CC=CCC=N1. The molecule has 7 heteroatoms. The molecule has 1 unspecified atom stereocenters. The van der Waals surface area contributed by atoms with Crippen molar-refractivity contribution in [1.82, 2.24) is 10.3 Å². The standard InChI is InChI=1S/C22H20FN3O2S/c23-17-7-5-15(6-8-17)22-26-19(21(28-22)16-9-11-29-14-16)12-20(27)25-13-18-4-2-1-3-10-24-18/h1-2,4-11,14,20,25,27H,3,12-13H2. The molecule has 1 aliphatic heterocycles. The van der Waals surface area contributed by atoms with Gasteiger partial charge in [-0.1, -0.05) is 12.2 Å². The van der Waals surface area contributed by atoms with Crippen LogP contribution in [0.4, 0.5) is 4.39 Å². The van der Waals surface area contributed by atoms with E-state index >= 15 is 0 Å². The molecule has 1 atom stereocenters. The minimum absolute atomic E-state index is 0.267. The number of hydrogen-bond donors (Lipinski definition) is 2. The van der Waals surface area contributed by atoms with Gasteiger partial charge in [0.2, 0.25) is 5.89 Å². The predicted octanol–water partition coefficient (Wildman–Crippen LogP) is 4.57. The lowest BCUT2D eigenvalue weighted by atomic mass is 10.1. The lowest BCUT2D eigenvalue weighted by Crippen LogP contribution is -2.32. The average molecular weight is 409 g/mol. The summed E-state index contributed by atoms with van der Waals surface area (Å²) >= 11 is 1.55. The lowest BCUT2D eigenvalue weighted by Gasteiger charge is -2.12. The Morgan fingerprint density at radius 3 is 2.86 bits per heavy atom. The smallest absolute Gasteiger partial charge is 0.227 e. The summed E-state index contributed by atoms with van der Waals surface area (Å²) in [5.74, 6) is 0.694. The summed E-state index contributed by atoms with van der Waals surface area (Å²) in [6.45, 7) is 0.443. The van der Waals surface area contributed by atoms with Crippen molar-refractivity contribution in [3.63, 3.8) is 0 Å². The average Bonchev–Trinajstić information content (AvgIpc) is 3.31. The molecule has 1 aliphatic rings. The predicted molar refractivity (Wildman–Crippen MR) is 113 cm³/mol. The summed E-state index contributed by atoms with van der Waals surface area (Å²) < 4.78 is 19.2. The zero-order valence-corrected chi connectivity index (χ0v) is 16.4. The minimum atomic E-state index is -0.818. The van der Waals surface area contributed by atoms with Crippen LogP contribution in [-0.2, 0) is 6.42 Å². The van der Waals surface area contributed by atoms with E-state index in [1.165, 1.54) is 12.1 Å². The van der Waals surface area contributed by atoms with Crippen LogP contribution in [0.5, 0.6) is 0 Å². The zero-order valence-electron chi connectivity index (χ0n) is 15.6. The number of aliphatic hydroxyl groups excluding tert-OH is 1. The van der Waals surface area contributed by atoms with Crippen LogP contribution < -0.4 is 5.32 Å². The minimum Gasteiger partial charge on any atom is -0.436 e. The molecule has 0 saturated heterocycles. The molecule has 5 nitrogen and oxygen atoms in total. The summed E-state index contributed by atoms with van der Waals surface area (Å²) in [5, 5.41) is 17.5. The number of halogens is 1. The number of nitrogens with one attached hydrogen (secondary N) is 1. The van der Waals surface area contributed by atoms with Crippen LogP contribution in [0.15, 0.2) is 74.4 Å². The van der Waals surface area contributed by atoms with E-state index in [4.69, 9.17) is 4.42 Å². The highest BCUT2D eigenvalue weighted by Crippen LogP contribution is 2.31. The van der Waals surface area contributed by atoms with Gasteiger partial charge in [-0.3, -0.25) is 10.3 Å². The van der Waals surface area contributed by atoms with E-state index in [2.05, 4.69) is 15.3 Å². The summed E-state index contributed by atoms with van der Waals surface area (Å²) in [5.41, 5.74) is 3.07. The highest BCUT2D eigenvalue weighted by molar-refractivity contribution is 7.08. The van der Waals surface area contributed by atoms with Crippen LogP contribution in [0.25, 0.3) is 22.8 Å². The Hall–Kier alpha value is -2.87. The molecule has 148 valence electrons. The van der Waals surface area contributed by atoms with E-state index < -0.39 is 6.23 Å². The first-order valence-electron chi connectivity index (χ1n) is 9.27. The number of oxazole rings is 1. The van der Waals surface area contributed by atoms with Crippen LogP contribution in [0.3, 0.4) is 0 Å². The van der Waals surface area contributed by atoms with Gasteiger partial charge in [0.25, 0.3) is 0 Å². The number of thiophene rings is 1. The molecule has 3 heterocycles. The van der Waals surface area contributed by atoms with Gasteiger partial charge < -0.3 is 9.52 Å². The molecule has 0 bridgehead atoms. The molecule has 0 saturated carbocycles. The molecule has 0 amide bonds. The second-order valence-corrected chi connectivity index (χ2v) is 7.33. The number of aliphatic imine (C=N–C) groups is 1. The third-order valence-electron chi connectivity index (χ3n) is 4.40. The quantitative estimate of drug-likeness (QED) is 0.561. The summed E-state index contributed by atoms with van der Waals surface area (Å²) in [7, 11) is 0. The largest absolute Gasteiger partial charge is 0.436 e. The summed E-state index contributed by atoms with van der Waals surface area (Å²) in [4.78, 5) is 8.92. The van der Waals surface area contributed by atoms with Gasteiger partial charge in [-0.25, -0.2) is 9.37 Å². The first kappa shape index (κ1) is 19.4. The van der Waals surface area contributed by atoms with Crippen molar-refractivity contribution in [3.8, 4) is 22.8 Å². The van der Waals surface area contributed by atoms with Gasteiger partial charge in [-0.15, -0.1) is 0 Å². The normalized spacial score (nSPS) is 14.6. The van der Waals surface area contributed by atoms with Crippen LogP contribution in [0.2, 0.25) is 0 Å². The molecule has 29 heavy (non-hydrogen) atoms. The number of hydrogen-bond acceptors (Lipinski definition) is 6. The van der Waals surface area contributed by atoms with E-state index in [9.17, 15) is 9.50 Å². The molecular formula is C22H20FN3O2S. The number of aliphatic hydroxyl groups is 1. The fourth-order valence-corrected chi connectivity index (χ4v) is 3.57. The number of nitrogens with zero attached hydrogens (tertiary/aromatic N) is 2. The van der Waals surface area contributed by atoms with E-state index in [0.29, 0.717) is 29.5 Å². The van der Waals surface area contributed by atoms with Gasteiger partial charge in [-0.05, 0) is 41.8 Å². The molecular weight excluding hydrogens is 389 g/mol. The molecule has 4 rings (SSSR count). The Morgan fingerprint density at radius 2 is 2.07 bits per heavy atom. The van der Waals surface area contributed by atoms with E-state index in [1.54, 1.807) is 23.5 Å². The van der Waals surface area contributed by atoms with Crippen molar-refractivity contribution in [2.24, 2.45) is 4.99 Å². The Morgan fingerprint density at radius 1 is 1.21 bits per heavy atom.